The Bertz CT molecular complexity index is 1600. The lowest BCUT2D eigenvalue weighted by Crippen LogP contribution is -2.22. The minimum Gasteiger partial charge on any atom is -0.496 e. The molecule has 6 rings (SSSR count). The molecule has 0 saturated carbocycles. The second kappa shape index (κ2) is 10.6. The first-order valence-corrected chi connectivity index (χ1v) is 13.1. The number of rotatable bonds is 6. The molecule has 2 aliphatic rings. The number of aryl methyl sites for hydroxylation is 1. The molecule has 1 atom stereocenters. The lowest BCUT2D eigenvalue weighted by Gasteiger charge is -2.24. The van der Waals surface area contributed by atoms with Gasteiger partial charge < -0.3 is 14.0 Å². The van der Waals surface area contributed by atoms with Crippen molar-refractivity contribution in [3.63, 3.8) is 0 Å². The predicted molar refractivity (Wildman–Crippen MR) is 152 cm³/mol. The predicted octanol–water partition coefficient (Wildman–Crippen LogP) is 5.75. The van der Waals surface area contributed by atoms with E-state index >= 15 is 0 Å². The number of fused-ring (bicyclic) bond motifs is 1. The van der Waals surface area contributed by atoms with Gasteiger partial charge in [0.25, 0.3) is 0 Å². The lowest BCUT2D eigenvalue weighted by molar-refractivity contribution is 0.395. The number of hydrogen-bond acceptors (Lipinski definition) is 7. The SMILES string of the molecule is COc1ccc([C@@H]2CCCC=C3CN=C(c4ccc(-n5cnc(C)c5)c(OC)n4)N=C32)cc1-c1cccnc1. The van der Waals surface area contributed by atoms with Crippen molar-refractivity contribution in [1.82, 2.24) is 19.5 Å². The Morgan fingerprint density at radius 1 is 1.05 bits per heavy atom. The summed E-state index contributed by atoms with van der Waals surface area (Å²) >= 11 is 0. The molecule has 1 aliphatic carbocycles. The third kappa shape index (κ3) is 4.85. The van der Waals surface area contributed by atoms with Gasteiger partial charge in [-0.2, -0.15) is 0 Å². The van der Waals surface area contributed by atoms with Crippen LogP contribution in [0, 0.1) is 6.92 Å². The molecule has 0 saturated heterocycles. The van der Waals surface area contributed by atoms with Crippen molar-refractivity contribution < 1.29 is 9.47 Å². The van der Waals surface area contributed by atoms with Gasteiger partial charge in [0.1, 0.15) is 17.1 Å². The number of allylic oxidation sites excluding steroid dienone is 1. The summed E-state index contributed by atoms with van der Waals surface area (Å²) in [5, 5.41) is 0. The Morgan fingerprint density at radius 2 is 1.97 bits per heavy atom. The third-order valence-corrected chi connectivity index (χ3v) is 7.22. The van der Waals surface area contributed by atoms with Gasteiger partial charge in [-0.15, -0.1) is 0 Å². The average Bonchev–Trinajstić information content (AvgIpc) is 3.31. The summed E-state index contributed by atoms with van der Waals surface area (Å²) < 4.78 is 13.2. The van der Waals surface area contributed by atoms with Crippen molar-refractivity contribution in [2.24, 2.45) is 9.98 Å². The quantitative estimate of drug-likeness (QED) is 0.324. The highest BCUT2D eigenvalue weighted by molar-refractivity contribution is 6.16. The molecule has 0 bridgehead atoms. The Labute approximate surface area is 227 Å². The molecule has 0 spiro atoms. The number of hydrogen-bond donors (Lipinski definition) is 0. The molecule has 4 heterocycles. The van der Waals surface area contributed by atoms with Gasteiger partial charge in [-0.1, -0.05) is 18.2 Å². The van der Waals surface area contributed by atoms with Crippen molar-refractivity contribution in [3.8, 4) is 28.4 Å². The van der Waals surface area contributed by atoms with Gasteiger partial charge in [0.15, 0.2) is 5.84 Å². The number of methoxy groups -OCH3 is 2. The first-order chi connectivity index (χ1) is 19.1. The van der Waals surface area contributed by atoms with Crippen LogP contribution in [0.3, 0.4) is 0 Å². The van der Waals surface area contributed by atoms with E-state index in [1.807, 2.05) is 48.1 Å². The number of pyridine rings is 2. The van der Waals surface area contributed by atoms with E-state index in [-0.39, 0.29) is 5.92 Å². The van der Waals surface area contributed by atoms with Crippen LogP contribution < -0.4 is 9.47 Å². The van der Waals surface area contributed by atoms with Crippen molar-refractivity contribution in [1.29, 1.82) is 0 Å². The average molecular weight is 519 g/mol. The third-order valence-electron chi connectivity index (χ3n) is 7.22. The summed E-state index contributed by atoms with van der Waals surface area (Å²) in [4.78, 5) is 23.4. The first-order valence-electron chi connectivity index (χ1n) is 13.1. The molecule has 0 N–H and O–H groups in total. The second-order valence-electron chi connectivity index (χ2n) is 9.70. The van der Waals surface area contributed by atoms with Gasteiger partial charge in [0, 0.05) is 35.6 Å². The maximum atomic E-state index is 5.70. The molecule has 8 heteroatoms. The van der Waals surface area contributed by atoms with E-state index in [2.05, 4.69) is 34.2 Å². The second-order valence-corrected chi connectivity index (χ2v) is 9.70. The molecule has 1 aromatic carbocycles. The molecule has 0 amide bonds. The van der Waals surface area contributed by atoms with Crippen LogP contribution in [0.4, 0.5) is 0 Å². The zero-order valence-corrected chi connectivity index (χ0v) is 22.3. The van der Waals surface area contributed by atoms with E-state index in [0.717, 1.165) is 53.2 Å². The number of ether oxygens (including phenoxy) is 2. The zero-order chi connectivity index (χ0) is 26.8. The van der Waals surface area contributed by atoms with Gasteiger partial charge in [0.2, 0.25) is 5.88 Å². The maximum Gasteiger partial charge on any atom is 0.238 e. The molecule has 0 unspecified atom stereocenters. The molecule has 4 aromatic rings. The molecule has 8 nitrogen and oxygen atoms in total. The molecular weight excluding hydrogens is 488 g/mol. The van der Waals surface area contributed by atoms with E-state index < -0.39 is 0 Å². The number of nitrogens with zero attached hydrogens (tertiary/aromatic N) is 6. The Hall–Kier alpha value is -4.59. The van der Waals surface area contributed by atoms with E-state index in [1.165, 1.54) is 11.1 Å². The van der Waals surface area contributed by atoms with Crippen LogP contribution in [0.25, 0.3) is 16.8 Å². The van der Waals surface area contributed by atoms with Crippen LogP contribution in [0.1, 0.15) is 42.1 Å². The number of amidine groups is 1. The first kappa shape index (κ1) is 24.7. The summed E-state index contributed by atoms with van der Waals surface area (Å²) in [6.45, 7) is 2.54. The summed E-state index contributed by atoms with van der Waals surface area (Å²) in [6.07, 6.45) is 12.8. The van der Waals surface area contributed by atoms with E-state index in [0.29, 0.717) is 24.0 Å². The maximum absolute atomic E-state index is 5.70. The minimum absolute atomic E-state index is 0.140. The monoisotopic (exact) mass is 518 g/mol. The number of benzene rings is 1. The van der Waals surface area contributed by atoms with Gasteiger partial charge >= 0.3 is 0 Å². The molecule has 0 fully saturated rings. The van der Waals surface area contributed by atoms with Crippen molar-refractivity contribution in [3.05, 3.63) is 96.0 Å². The van der Waals surface area contributed by atoms with Crippen LogP contribution >= 0.6 is 0 Å². The van der Waals surface area contributed by atoms with Crippen molar-refractivity contribution in [2.75, 3.05) is 20.8 Å². The highest BCUT2D eigenvalue weighted by Gasteiger charge is 2.28. The fourth-order valence-electron chi connectivity index (χ4n) is 5.28. The van der Waals surface area contributed by atoms with E-state index in [9.17, 15) is 0 Å². The fraction of sp³-hybridized carbons (Fsp3) is 0.258. The van der Waals surface area contributed by atoms with Crippen LogP contribution in [-0.2, 0) is 0 Å². The van der Waals surface area contributed by atoms with Crippen LogP contribution in [0.5, 0.6) is 11.6 Å². The summed E-state index contributed by atoms with van der Waals surface area (Å²) in [5.74, 6) is 2.10. The molecule has 1 aliphatic heterocycles. The van der Waals surface area contributed by atoms with Crippen LogP contribution in [0.15, 0.2) is 89.0 Å². The standard InChI is InChI=1S/C31H30N6O2/c1-20-18-37(19-34-20)27-12-11-26(35-31(27)39-3)30-33-17-23-7-4-5-9-24(29(23)36-30)21-10-13-28(38-2)25(15-21)22-8-6-14-32-16-22/h6-8,10-16,18-19,24H,4-5,9,17H2,1-3H3/t24-/m0/s1. The summed E-state index contributed by atoms with van der Waals surface area (Å²) in [5.41, 5.74) is 7.95. The van der Waals surface area contributed by atoms with E-state index in [1.54, 1.807) is 26.7 Å². The van der Waals surface area contributed by atoms with Gasteiger partial charge in [-0.25, -0.2) is 15.0 Å². The van der Waals surface area contributed by atoms with Crippen LogP contribution in [0.2, 0.25) is 0 Å². The smallest absolute Gasteiger partial charge is 0.238 e. The van der Waals surface area contributed by atoms with Gasteiger partial charge in [-0.3, -0.25) is 9.98 Å². The van der Waals surface area contributed by atoms with Crippen LogP contribution in [-0.4, -0.2) is 51.8 Å². The molecule has 39 heavy (non-hydrogen) atoms. The topological polar surface area (TPSA) is 86.8 Å². The Morgan fingerprint density at radius 3 is 2.74 bits per heavy atom. The molecular formula is C31H30N6O2. The van der Waals surface area contributed by atoms with Crippen molar-refractivity contribution >= 4 is 11.5 Å². The summed E-state index contributed by atoms with van der Waals surface area (Å²) in [6, 6.07) is 14.4. The molecule has 0 radical (unpaired) electrons. The zero-order valence-electron chi connectivity index (χ0n) is 22.3. The van der Waals surface area contributed by atoms with Gasteiger partial charge in [0.05, 0.1) is 38.5 Å². The summed E-state index contributed by atoms with van der Waals surface area (Å²) in [7, 11) is 3.33. The highest BCUT2D eigenvalue weighted by atomic mass is 16.5. The highest BCUT2D eigenvalue weighted by Crippen LogP contribution is 2.37. The number of imidazole rings is 1. The Balaban J connectivity index is 1.39. The normalized spacial score (nSPS) is 16.9. The van der Waals surface area contributed by atoms with Gasteiger partial charge in [-0.05, 0) is 67.7 Å². The lowest BCUT2D eigenvalue weighted by atomic mass is 9.85. The minimum atomic E-state index is 0.140. The molecule has 196 valence electrons. The molecule has 3 aromatic heterocycles. The number of aliphatic imine (C=N–C) groups is 2. The van der Waals surface area contributed by atoms with Crippen molar-refractivity contribution in [2.45, 2.75) is 32.1 Å². The fourth-order valence-corrected chi connectivity index (χ4v) is 5.28. The largest absolute Gasteiger partial charge is 0.496 e. The van der Waals surface area contributed by atoms with E-state index in [4.69, 9.17) is 24.4 Å². The number of aromatic nitrogens is 4. The Kier molecular flexibility index (Phi) is 6.75.